The van der Waals surface area contributed by atoms with Gasteiger partial charge in [-0.05, 0) is 44.4 Å². The summed E-state index contributed by atoms with van der Waals surface area (Å²) in [7, 11) is 1.73. The molecule has 0 aromatic heterocycles. The van der Waals surface area contributed by atoms with Crippen molar-refractivity contribution in [3.63, 3.8) is 0 Å². The fourth-order valence-corrected chi connectivity index (χ4v) is 2.24. The number of benzene rings is 1. The molecule has 114 valence electrons. The number of methoxy groups -OCH3 is 1. The lowest BCUT2D eigenvalue weighted by molar-refractivity contribution is 0.111. The highest BCUT2D eigenvalue weighted by molar-refractivity contribution is 5.37. The minimum atomic E-state index is 0.345. The maximum absolute atomic E-state index is 5.71. The molecule has 0 aliphatic carbocycles. The van der Waals surface area contributed by atoms with E-state index in [9.17, 15) is 0 Å². The molecule has 0 bridgehead atoms. The first-order valence-electron chi connectivity index (χ1n) is 7.65. The quantitative estimate of drug-likeness (QED) is 0.666. The summed E-state index contributed by atoms with van der Waals surface area (Å²) in [4.78, 5) is 0. The Kier molecular flexibility index (Phi) is 8.31. The number of ether oxygens (including phenoxy) is 2. The molecular formula is C17H29NO2. The van der Waals surface area contributed by atoms with Gasteiger partial charge in [0.05, 0.1) is 13.7 Å². The Labute approximate surface area is 123 Å². The van der Waals surface area contributed by atoms with E-state index in [0.29, 0.717) is 6.04 Å². The summed E-state index contributed by atoms with van der Waals surface area (Å²) in [5, 5.41) is 3.57. The van der Waals surface area contributed by atoms with E-state index < -0.39 is 0 Å². The average Bonchev–Trinajstić information content (AvgIpc) is 2.45. The van der Waals surface area contributed by atoms with Gasteiger partial charge in [-0.3, -0.25) is 0 Å². The largest absolute Gasteiger partial charge is 0.496 e. The fourth-order valence-electron chi connectivity index (χ4n) is 2.24. The highest BCUT2D eigenvalue weighted by Gasteiger charge is 2.12. The first-order valence-corrected chi connectivity index (χ1v) is 7.65. The lowest BCUT2D eigenvalue weighted by Crippen LogP contribution is -2.36. The molecule has 0 radical (unpaired) electrons. The molecule has 1 atom stereocenters. The topological polar surface area (TPSA) is 30.5 Å². The molecule has 0 spiro atoms. The smallest absolute Gasteiger partial charge is 0.122 e. The van der Waals surface area contributed by atoms with Gasteiger partial charge in [-0.25, -0.2) is 0 Å². The maximum atomic E-state index is 5.71. The van der Waals surface area contributed by atoms with E-state index in [2.05, 4.69) is 44.3 Å². The number of hydrogen-bond donors (Lipinski definition) is 1. The SMILES string of the molecule is CCCNC(COCCC)Cc1cc(C)ccc1OC. The molecule has 1 N–H and O–H groups in total. The third-order valence-electron chi connectivity index (χ3n) is 3.25. The number of rotatable bonds is 10. The van der Waals surface area contributed by atoms with Gasteiger partial charge < -0.3 is 14.8 Å². The number of nitrogens with one attached hydrogen (secondary N) is 1. The van der Waals surface area contributed by atoms with Crippen LogP contribution in [0.2, 0.25) is 0 Å². The lowest BCUT2D eigenvalue weighted by Gasteiger charge is -2.20. The van der Waals surface area contributed by atoms with E-state index in [0.717, 1.165) is 44.8 Å². The highest BCUT2D eigenvalue weighted by atomic mass is 16.5. The molecule has 0 fully saturated rings. The van der Waals surface area contributed by atoms with Crippen LogP contribution >= 0.6 is 0 Å². The van der Waals surface area contributed by atoms with E-state index in [-0.39, 0.29) is 0 Å². The van der Waals surface area contributed by atoms with Crippen LogP contribution in [0.3, 0.4) is 0 Å². The van der Waals surface area contributed by atoms with Crippen LogP contribution < -0.4 is 10.1 Å². The third kappa shape index (κ3) is 5.93. The Bertz CT molecular complexity index is 379. The van der Waals surface area contributed by atoms with Crippen molar-refractivity contribution in [2.45, 2.75) is 46.1 Å². The Morgan fingerprint density at radius 1 is 1.20 bits per heavy atom. The summed E-state index contributed by atoms with van der Waals surface area (Å²) in [5.41, 5.74) is 2.52. The molecule has 0 amide bonds. The summed E-state index contributed by atoms with van der Waals surface area (Å²) >= 11 is 0. The summed E-state index contributed by atoms with van der Waals surface area (Å²) in [5.74, 6) is 0.967. The lowest BCUT2D eigenvalue weighted by atomic mass is 10.0. The molecule has 3 heteroatoms. The van der Waals surface area contributed by atoms with Crippen molar-refractivity contribution in [3.8, 4) is 5.75 Å². The van der Waals surface area contributed by atoms with Crippen LogP contribution in [0, 0.1) is 6.92 Å². The van der Waals surface area contributed by atoms with Crippen molar-refractivity contribution in [2.75, 3.05) is 26.9 Å². The Hall–Kier alpha value is -1.06. The normalized spacial score (nSPS) is 12.4. The van der Waals surface area contributed by atoms with Crippen LogP contribution in [0.5, 0.6) is 5.75 Å². The predicted molar refractivity (Wildman–Crippen MR) is 84.6 cm³/mol. The zero-order valence-electron chi connectivity index (χ0n) is 13.4. The van der Waals surface area contributed by atoms with Gasteiger partial charge >= 0.3 is 0 Å². The van der Waals surface area contributed by atoms with Gasteiger partial charge in [0.1, 0.15) is 5.75 Å². The molecule has 1 aromatic rings. The molecule has 1 aromatic carbocycles. The summed E-state index contributed by atoms with van der Waals surface area (Å²) in [6.45, 7) is 9.04. The average molecular weight is 279 g/mol. The first kappa shape index (κ1) is 17.0. The second-order valence-electron chi connectivity index (χ2n) is 5.25. The number of aryl methyl sites for hydroxylation is 1. The van der Waals surface area contributed by atoms with E-state index in [1.165, 1.54) is 11.1 Å². The second-order valence-corrected chi connectivity index (χ2v) is 5.25. The molecule has 1 unspecified atom stereocenters. The van der Waals surface area contributed by atoms with E-state index in [1.807, 2.05) is 0 Å². The molecule has 0 saturated carbocycles. The van der Waals surface area contributed by atoms with Crippen molar-refractivity contribution in [1.82, 2.24) is 5.32 Å². The van der Waals surface area contributed by atoms with Crippen molar-refractivity contribution in [2.24, 2.45) is 0 Å². The fraction of sp³-hybridized carbons (Fsp3) is 0.647. The number of hydrogen-bond acceptors (Lipinski definition) is 3. The van der Waals surface area contributed by atoms with Crippen LogP contribution in [0.25, 0.3) is 0 Å². The van der Waals surface area contributed by atoms with E-state index in [4.69, 9.17) is 9.47 Å². The minimum absolute atomic E-state index is 0.345. The third-order valence-corrected chi connectivity index (χ3v) is 3.25. The Balaban J connectivity index is 2.68. The predicted octanol–water partition coefficient (Wildman–Crippen LogP) is 3.34. The molecule has 1 rings (SSSR count). The Morgan fingerprint density at radius 2 is 2.00 bits per heavy atom. The van der Waals surface area contributed by atoms with Crippen LogP contribution in [0.1, 0.15) is 37.8 Å². The summed E-state index contributed by atoms with van der Waals surface area (Å²) < 4.78 is 11.2. The van der Waals surface area contributed by atoms with Gasteiger partial charge in [0.2, 0.25) is 0 Å². The highest BCUT2D eigenvalue weighted by Crippen LogP contribution is 2.21. The molecule has 3 nitrogen and oxygen atoms in total. The molecule has 0 aliphatic rings. The van der Waals surface area contributed by atoms with Crippen molar-refractivity contribution in [3.05, 3.63) is 29.3 Å². The molecule has 20 heavy (non-hydrogen) atoms. The van der Waals surface area contributed by atoms with Crippen LogP contribution in [-0.4, -0.2) is 32.9 Å². The van der Waals surface area contributed by atoms with Crippen molar-refractivity contribution < 1.29 is 9.47 Å². The van der Waals surface area contributed by atoms with Gasteiger partial charge in [0.25, 0.3) is 0 Å². The van der Waals surface area contributed by atoms with Gasteiger partial charge in [0, 0.05) is 12.6 Å². The summed E-state index contributed by atoms with van der Waals surface area (Å²) in [6.07, 6.45) is 3.14. The molecular weight excluding hydrogens is 250 g/mol. The van der Waals surface area contributed by atoms with E-state index >= 15 is 0 Å². The minimum Gasteiger partial charge on any atom is -0.496 e. The van der Waals surface area contributed by atoms with Gasteiger partial charge in [-0.2, -0.15) is 0 Å². The maximum Gasteiger partial charge on any atom is 0.122 e. The second kappa shape index (κ2) is 9.78. The molecule has 0 aliphatic heterocycles. The first-order chi connectivity index (χ1) is 9.71. The van der Waals surface area contributed by atoms with E-state index in [1.54, 1.807) is 7.11 Å². The Morgan fingerprint density at radius 3 is 2.65 bits per heavy atom. The van der Waals surface area contributed by atoms with Gasteiger partial charge in [-0.15, -0.1) is 0 Å². The van der Waals surface area contributed by atoms with Crippen LogP contribution in [-0.2, 0) is 11.2 Å². The zero-order chi connectivity index (χ0) is 14.8. The molecule has 0 heterocycles. The van der Waals surface area contributed by atoms with Crippen molar-refractivity contribution >= 4 is 0 Å². The van der Waals surface area contributed by atoms with Crippen LogP contribution in [0.4, 0.5) is 0 Å². The standard InChI is InChI=1S/C17H29NO2/c1-5-9-18-16(13-20-10-6-2)12-15-11-14(3)7-8-17(15)19-4/h7-8,11,16,18H,5-6,9-10,12-13H2,1-4H3. The zero-order valence-corrected chi connectivity index (χ0v) is 13.4. The van der Waals surface area contributed by atoms with Gasteiger partial charge in [0.15, 0.2) is 0 Å². The van der Waals surface area contributed by atoms with Crippen molar-refractivity contribution in [1.29, 1.82) is 0 Å². The molecule has 0 saturated heterocycles. The summed E-state index contributed by atoms with van der Waals surface area (Å²) in [6, 6.07) is 6.69. The van der Waals surface area contributed by atoms with Crippen LogP contribution in [0.15, 0.2) is 18.2 Å². The monoisotopic (exact) mass is 279 g/mol. The van der Waals surface area contributed by atoms with Gasteiger partial charge in [-0.1, -0.05) is 31.5 Å².